The van der Waals surface area contributed by atoms with Gasteiger partial charge in [0.2, 0.25) is 0 Å². The highest BCUT2D eigenvalue weighted by molar-refractivity contribution is 6.01. The van der Waals surface area contributed by atoms with E-state index in [1.807, 2.05) is 10.8 Å². The number of nitrogens with zero attached hydrogens (tertiary/aromatic N) is 5. The number of nitrogens with two attached hydrogens (primary N) is 1. The van der Waals surface area contributed by atoms with Crippen molar-refractivity contribution in [3.63, 3.8) is 0 Å². The Balaban J connectivity index is 1.37. The van der Waals surface area contributed by atoms with Crippen molar-refractivity contribution in [1.82, 2.24) is 19.4 Å². The lowest BCUT2D eigenvalue weighted by atomic mass is 10.0. The maximum absolute atomic E-state index is 15.5. The number of hydrogen-bond donors (Lipinski definition) is 1. The van der Waals surface area contributed by atoms with Crippen LogP contribution in [0.15, 0.2) is 42.9 Å². The number of hydrogen-bond acceptors (Lipinski definition) is 4. The quantitative estimate of drug-likeness (QED) is 0.312. The predicted octanol–water partition coefficient (Wildman–Crippen LogP) is 5.18. The number of amides is 2. The molecule has 0 radical (unpaired) electrons. The van der Waals surface area contributed by atoms with Gasteiger partial charge in [-0.3, -0.25) is 4.90 Å². The molecule has 0 spiro atoms. The minimum absolute atomic E-state index is 0.115. The van der Waals surface area contributed by atoms with Gasteiger partial charge >= 0.3 is 6.03 Å². The van der Waals surface area contributed by atoms with Crippen LogP contribution in [0, 0.1) is 23.3 Å². The highest BCUT2D eigenvalue weighted by Gasteiger charge is 2.39. The molecule has 1 saturated heterocycles. The van der Waals surface area contributed by atoms with E-state index in [1.165, 1.54) is 35.3 Å². The van der Waals surface area contributed by atoms with Crippen molar-refractivity contribution in [3.8, 4) is 11.1 Å². The molecule has 1 aliphatic carbocycles. The second-order valence-corrected chi connectivity index (χ2v) is 9.11. The zero-order valence-electron chi connectivity index (χ0n) is 19.1. The molecule has 1 atom stereocenters. The van der Waals surface area contributed by atoms with E-state index >= 15 is 4.39 Å². The summed E-state index contributed by atoms with van der Waals surface area (Å²) in [5.41, 5.74) is 7.49. The summed E-state index contributed by atoms with van der Waals surface area (Å²) >= 11 is 0. The SMILES string of the molecule is CN1C(=O)N(c2ccc(-c3cn(C4CC4)c4ncnc(N)c34)c(F)c2)CC1c1cc(F)cc(F)c1F. The number of fused-ring (bicyclic) bond motifs is 1. The van der Waals surface area contributed by atoms with Crippen LogP contribution < -0.4 is 10.6 Å². The molecule has 4 aromatic rings. The van der Waals surface area contributed by atoms with Crippen molar-refractivity contribution in [2.75, 3.05) is 24.2 Å². The fourth-order valence-corrected chi connectivity index (χ4v) is 4.87. The van der Waals surface area contributed by atoms with Crippen molar-refractivity contribution in [2.45, 2.75) is 24.9 Å². The summed E-state index contributed by atoms with van der Waals surface area (Å²) in [4.78, 5) is 23.7. The van der Waals surface area contributed by atoms with Gasteiger partial charge in [0.15, 0.2) is 11.6 Å². The predicted molar refractivity (Wildman–Crippen MR) is 125 cm³/mol. The van der Waals surface area contributed by atoms with Crippen molar-refractivity contribution in [2.24, 2.45) is 0 Å². The van der Waals surface area contributed by atoms with Crippen molar-refractivity contribution < 1.29 is 22.4 Å². The van der Waals surface area contributed by atoms with Gasteiger partial charge in [-0.1, -0.05) is 0 Å². The second-order valence-electron chi connectivity index (χ2n) is 9.11. The van der Waals surface area contributed by atoms with E-state index in [0.717, 1.165) is 18.9 Å². The van der Waals surface area contributed by atoms with Crippen molar-refractivity contribution in [3.05, 3.63) is 71.7 Å². The average Bonchev–Trinajstić information content (AvgIpc) is 3.55. The zero-order valence-corrected chi connectivity index (χ0v) is 19.1. The van der Waals surface area contributed by atoms with Gasteiger partial charge < -0.3 is 15.2 Å². The smallest absolute Gasteiger partial charge is 0.324 e. The van der Waals surface area contributed by atoms with E-state index in [4.69, 9.17) is 5.73 Å². The van der Waals surface area contributed by atoms with Gasteiger partial charge in [0.25, 0.3) is 0 Å². The van der Waals surface area contributed by atoms with Gasteiger partial charge in [0.05, 0.1) is 18.0 Å². The van der Waals surface area contributed by atoms with Crippen LogP contribution in [-0.4, -0.2) is 39.1 Å². The highest BCUT2D eigenvalue weighted by atomic mass is 19.2. The molecule has 184 valence electrons. The summed E-state index contributed by atoms with van der Waals surface area (Å²) in [6.45, 7) is -0.115. The largest absolute Gasteiger partial charge is 0.383 e. The Labute approximate surface area is 202 Å². The van der Waals surface area contributed by atoms with Crippen LogP contribution in [-0.2, 0) is 0 Å². The third kappa shape index (κ3) is 3.37. The molecular formula is C25H20F4N6O. The third-order valence-corrected chi connectivity index (χ3v) is 6.87. The number of benzene rings is 2. The monoisotopic (exact) mass is 496 g/mol. The van der Waals surface area contributed by atoms with Gasteiger partial charge in [0, 0.05) is 47.7 Å². The molecule has 2 aromatic heterocycles. The van der Waals surface area contributed by atoms with Crippen molar-refractivity contribution >= 4 is 28.6 Å². The molecule has 2 N–H and O–H groups in total. The Morgan fingerprint density at radius 2 is 1.78 bits per heavy atom. The maximum Gasteiger partial charge on any atom is 0.324 e. The van der Waals surface area contributed by atoms with E-state index in [2.05, 4.69) is 9.97 Å². The third-order valence-electron chi connectivity index (χ3n) is 6.87. The molecule has 0 bridgehead atoms. The van der Waals surface area contributed by atoms with E-state index in [1.54, 1.807) is 6.07 Å². The molecule has 1 saturated carbocycles. The topological polar surface area (TPSA) is 80.3 Å². The number of anilines is 2. The minimum Gasteiger partial charge on any atom is -0.383 e. The first-order valence-corrected chi connectivity index (χ1v) is 11.3. The molecule has 7 nitrogen and oxygen atoms in total. The standard InChI is InChI=1S/C25H20F4N6O/c1-33-20(16-6-12(26)7-19(28)22(16)29)10-35(25(33)36)14-4-5-15(18(27)8-14)17-9-34(13-2-3-13)24-21(17)23(30)31-11-32-24/h4-9,11,13,20H,2-3,10H2,1H3,(H2,30,31,32). The normalized spacial score (nSPS) is 18.0. The van der Waals surface area contributed by atoms with Crippen LogP contribution in [0.25, 0.3) is 22.2 Å². The summed E-state index contributed by atoms with van der Waals surface area (Å²) in [5.74, 6) is -3.88. The van der Waals surface area contributed by atoms with Crippen LogP contribution >= 0.6 is 0 Å². The van der Waals surface area contributed by atoms with Gasteiger partial charge in [-0.05, 0) is 37.1 Å². The summed E-state index contributed by atoms with van der Waals surface area (Å²) in [5, 5.41) is 0.553. The van der Waals surface area contributed by atoms with Crippen molar-refractivity contribution in [1.29, 1.82) is 0 Å². The average molecular weight is 496 g/mol. The number of halogens is 4. The first kappa shape index (κ1) is 22.3. The molecule has 2 fully saturated rings. The number of likely N-dealkylation sites (N-methyl/N-ethyl adjacent to an activating group) is 1. The fourth-order valence-electron chi connectivity index (χ4n) is 4.87. The Morgan fingerprint density at radius 1 is 1.00 bits per heavy atom. The molecule has 11 heteroatoms. The van der Waals surface area contributed by atoms with Gasteiger partial charge in [-0.25, -0.2) is 32.3 Å². The first-order valence-electron chi connectivity index (χ1n) is 11.3. The maximum atomic E-state index is 15.5. The van der Waals surface area contributed by atoms with Gasteiger partial charge in [0.1, 0.15) is 29.4 Å². The molecule has 36 heavy (non-hydrogen) atoms. The Morgan fingerprint density at radius 3 is 2.50 bits per heavy atom. The minimum atomic E-state index is -1.34. The molecule has 1 unspecified atom stereocenters. The van der Waals surface area contributed by atoms with E-state index < -0.39 is 35.3 Å². The van der Waals surface area contributed by atoms with Crippen LogP contribution in [0.4, 0.5) is 33.9 Å². The lowest BCUT2D eigenvalue weighted by Crippen LogP contribution is -2.29. The number of nitrogen functional groups attached to an aromatic ring is 1. The highest BCUT2D eigenvalue weighted by Crippen LogP contribution is 2.43. The zero-order chi connectivity index (χ0) is 25.3. The first-order chi connectivity index (χ1) is 17.2. The summed E-state index contributed by atoms with van der Waals surface area (Å²) in [6, 6.07) is 4.37. The second kappa shape index (κ2) is 7.94. The van der Waals surface area contributed by atoms with Gasteiger partial charge in [-0.15, -0.1) is 0 Å². The fraction of sp³-hybridized carbons (Fsp3) is 0.240. The van der Waals surface area contributed by atoms with Gasteiger partial charge in [-0.2, -0.15) is 0 Å². The summed E-state index contributed by atoms with van der Waals surface area (Å²) in [7, 11) is 1.40. The Kier molecular flexibility index (Phi) is 4.92. The molecule has 2 aromatic carbocycles. The number of urea groups is 1. The Hall–Kier alpha value is -4.15. The molecule has 2 aliphatic rings. The number of carbonyl (C=O) groups is 1. The number of rotatable bonds is 4. The summed E-state index contributed by atoms with van der Waals surface area (Å²) in [6.07, 6.45) is 5.18. The Bertz CT molecular complexity index is 1550. The van der Waals surface area contributed by atoms with Crippen LogP contribution in [0.1, 0.15) is 30.5 Å². The van der Waals surface area contributed by atoms with E-state index in [-0.39, 0.29) is 35.2 Å². The molecular weight excluding hydrogens is 476 g/mol. The summed E-state index contributed by atoms with van der Waals surface area (Å²) < 4.78 is 59.4. The van der Waals surface area contributed by atoms with Crippen LogP contribution in [0.3, 0.4) is 0 Å². The number of aromatic nitrogens is 3. The molecule has 1 aliphatic heterocycles. The number of carbonyl (C=O) groups excluding carboxylic acids is 1. The molecule has 3 heterocycles. The van der Waals surface area contributed by atoms with E-state index in [9.17, 15) is 18.0 Å². The van der Waals surface area contributed by atoms with Crippen LogP contribution in [0.2, 0.25) is 0 Å². The van der Waals surface area contributed by atoms with E-state index in [0.29, 0.717) is 22.7 Å². The molecule has 2 amide bonds. The lowest BCUT2D eigenvalue weighted by molar-refractivity contribution is 0.218. The molecule has 6 rings (SSSR count). The lowest BCUT2D eigenvalue weighted by Gasteiger charge is -2.18. The van der Waals surface area contributed by atoms with Crippen LogP contribution in [0.5, 0.6) is 0 Å².